The van der Waals surface area contributed by atoms with E-state index in [0.29, 0.717) is 29.1 Å². The van der Waals surface area contributed by atoms with Crippen molar-refractivity contribution >= 4 is 42.3 Å². The molecule has 8 nitrogen and oxygen atoms in total. The second kappa shape index (κ2) is 13.4. The summed E-state index contributed by atoms with van der Waals surface area (Å²) < 4.78 is 6.55. The average molecular weight is 493 g/mol. The molecule has 2 aromatic rings. The minimum Gasteiger partial charge on any atom is -0.458 e. The lowest BCUT2D eigenvalue weighted by atomic mass is 9.96. The third kappa shape index (κ3) is 5.25. The highest BCUT2D eigenvalue weighted by molar-refractivity contribution is 7.79. The number of aromatic nitrogens is 2. The Hall–Kier alpha value is -2.37. The summed E-state index contributed by atoms with van der Waals surface area (Å²) in [5.41, 5.74) is 14.4. The summed E-state index contributed by atoms with van der Waals surface area (Å²) in [4.78, 5) is 29.5. The SMILES string of the molecule is C/C=C\c1nc2c(c(CC)c1C=S)Cn1c-2cc2c(c1=O)COC(=O)C2O.CN.CN.CS. The van der Waals surface area contributed by atoms with Gasteiger partial charge in [-0.15, -0.1) is 0 Å². The number of carbonyl (C=O) groups is 1. The Morgan fingerprint density at radius 3 is 2.45 bits per heavy atom. The van der Waals surface area contributed by atoms with E-state index in [1.54, 1.807) is 22.3 Å². The number of pyridine rings is 2. The number of nitrogens with two attached hydrogens (primary N) is 2. The molecular weight excluding hydrogens is 460 g/mol. The Kier molecular flexibility index (Phi) is 11.6. The summed E-state index contributed by atoms with van der Waals surface area (Å²) in [5.74, 6) is -0.738. The van der Waals surface area contributed by atoms with Crippen LogP contribution in [0.2, 0.25) is 0 Å². The standard InChI is InChI=1S/C20H18N2O4S.2CH5N.CH4S/c1-3-5-15-14(9-27)10(4-2)12-7-22-16(17(12)21-15)6-11-13(19(22)24)8-26-20(25)18(11)23;3*1-2/h3,5-6,9,18,23H,4,7-8H2,1-2H3;2*2H2,1H3;2H,1H3/b5-3-;;;. The predicted octanol–water partition coefficient (Wildman–Crippen LogP) is 2.00. The molecule has 2 aliphatic rings. The van der Waals surface area contributed by atoms with E-state index in [1.165, 1.54) is 14.1 Å². The normalized spacial score (nSPS) is 14.8. The highest BCUT2D eigenvalue weighted by Crippen LogP contribution is 2.37. The van der Waals surface area contributed by atoms with Crippen LogP contribution >= 0.6 is 24.8 Å². The average Bonchev–Trinajstić information content (AvgIpc) is 3.23. The van der Waals surface area contributed by atoms with Crippen LogP contribution in [0.15, 0.2) is 16.9 Å². The largest absolute Gasteiger partial charge is 0.458 e. The quantitative estimate of drug-likeness (QED) is 0.248. The Morgan fingerprint density at radius 2 is 1.91 bits per heavy atom. The van der Waals surface area contributed by atoms with E-state index in [1.807, 2.05) is 26.0 Å². The van der Waals surface area contributed by atoms with Crippen LogP contribution in [0.4, 0.5) is 0 Å². The summed E-state index contributed by atoms with van der Waals surface area (Å²) in [7, 11) is 3.00. The van der Waals surface area contributed by atoms with Crippen molar-refractivity contribution in [3.05, 3.63) is 56.0 Å². The van der Waals surface area contributed by atoms with Crippen LogP contribution in [0.25, 0.3) is 17.5 Å². The molecule has 0 aromatic carbocycles. The van der Waals surface area contributed by atoms with Crippen LogP contribution < -0.4 is 17.0 Å². The van der Waals surface area contributed by atoms with Crippen molar-refractivity contribution in [3.8, 4) is 11.4 Å². The lowest BCUT2D eigenvalue weighted by molar-refractivity contribution is -0.157. The number of nitrogens with zero attached hydrogens (tertiary/aromatic N) is 2. The summed E-state index contributed by atoms with van der Waals surface area (Å²) >= 11 is 8.75. The lowest BCUT2D eigenvalue weighted by Gasteiger charge is -2.21. The molecule has 0 spiro atoms. The van der Waals surface area contributed by atoms with Gasteiger partial charge >= 0.3 is 5.97 Å². The van der Waals surface area contributed by atoms with Gasteiger partial charge in [0, 0.05) is 22.1 Å². The number of hydrogen-bond donors (Lipinski definition) is 4. The van der Waals surface area contributed by atoms with Crippen LogP contribution in [-0.4, -0.2) is 46.3 Å². The molecule has 10 heteroatoms. The summed E-state index contributed by atoms with van der Waals surface area (Å²) in [6.45, 7) is 4.22. The summed E-state index contributed by atoms with van der Waals surface area (Å²) in [6, 6.07) is 1.69. The molecule has 1 unspecified atom stereocenters. The van der Waals surface area contributed by atoms with Gasteiger partial charge in [-0.25, -0.2) is 9.78 Å². The number of thiocarbonyl (C=S) groups is 1. The van der Waals surface area contributed by atoms with Gasteiger partial charge in [0.1, 0.15) is 6.61 Å². The molecule has 0 saturated carbocycles. The summed E-state index contributed by atoms with van der Waals surface area (Å²) in [5, 5.41) is 11.8. The molecule has 2 aromatic heterocycles. The maximum Gasteiger partial charge on any atom is 0.340 e. The zero-order valence-electron chi connectivity index (χ0n) is 19.6. The van der Waals surface area contributed by atoms with Crippen LogP contribution in [0, 0.1) is 0 Å². The van der Waals surface area contributed by atoms with Crippen molar-refractivity contribution in [2.24, 2.45) is 11.5 Å². The number of aliphatic hydroxyl groups is 1. The fourth-order valence-corrected chi connectivity index (χ4v) is 4.13. The predicted molar refractivity (Wildman–Crippen MR) is 140 cm³/mol. The molecule has 0 aliphatic carbocycles. The first-order valence-corrected chi connectivity index (χ1v) is 11.7. The van der Waals surface area contributed by atoms with Gasteiger partial charge in [-0.3, -0.25) is 4.79 Å². The van der Waals surface area contributed by atoms with Crippen molar-refractivity contribution in [2.75, 3.05) is 20.4 Å². The zero-order valence-corrected chi connectivity index (χ0v) is 21.3. The van der Waals surface area contributed by atoms with Crippen molar-refractivity contribution in [1.82, 2.24) is 9.55 Å². The number of fused-ring (bicyclic) bond motifs is 4. The Labute approximate surface area is 205 Å². The molecule has 0 bridgehead atoms. The van der Waals surface area contributed by atoms with Crippen LogP contribution in [0.3, 0.4) is 0 Å². The number of hydrogen-bond acceptors (Lipinski definition) is 9. The molecule has 5 N–H and O–H groups in total. The minimum atomic E-state index is -1.45. The van der Waals surface area contributed by atoms with E-state index < -0.39 is 12.1 Å². The highest BCUT2D eigenvalue weighted by atomic mass is 32.1. The van der Waals surface area contributed by atoms with Gasteiger partial charge < -0.3 is 25.9 Å². The number of ether oxygens (including phenoxy) is 1. The van der Waals surface area contributed by atoms with Crippen molar-refractivity contribution < 1.29 is 14.6 Å². The molecule has 0 radical (unpaired) electrons. The molecule has 2 aliphatic heterocycles. The number of rotatable bonds is 3. The van der Waals surface area contributed by atoms with Gasteiger partial charge in [-0.1, -0.05) is 25.2 Å². The first-order chi connectivity index (χ1) is 16.0. The van der Waals surface area contributed by atoms with E-state index in [0.717, 1.165) is 28.8 Å². The van der Waals surface area contributed by atoms with Crippen molar-refractivity contribution in [1.29, 1.82) is 0 Å². The van der Waals surface area contributed by atoms with Crippen molar-refractivity contribution in [2.45, 2.75) is 39.5 Å². The fourth-order valence-electron chi connectivity index (χ4n) is 3.87. The number of aliphatic hydroxyl groups excluding tert-OH is 1. The molecular formula is C23H32N4O4S2. The van der Waals surface area contributed by atoms with Crippen LogP contribution in [0.5, 0.6) is 0 Å². The Balaban J connectivity index is 0.000000841. The summed E-state index contributed by atoms with van der Waals surface area (Å²) in [6.07, 6.45) is 4.79. The molecule has 0 saturated heterocycles. The molecule has 180 valence electrons. The van der Waals surface area contributed by atoms with Crippen LogP contribution in [0.1, 0.15) is 53.5 Å². The zero-order chi connectivity index (χ0) is 25.3. The van der Waals surface area contributed by atoms with Gasteiger partial charge in [0.25, 0.3) is 5.56 Å². The van der Waals surface area contributed by atoms with Gasteiger partial charge in [0.2, 0.25) is 0 Å². The monoisotopic (exact) mass is 492 g/mol. The first kappa shape index (κ1) is 28.7. The van der Waals surface area contributed by atoms with Gasteiger partial charge in [-0.2, -0.15) is 12.6 Å². The maximum absolute atomic E-state index is 13.0. The molecule has 4 heterocycles. The number of allylic oxidation sites excluding steroid dienone is 1. The molecule has 1 atom stereocenters. The first-order valence-electron chi connectivity index (χ1n) is 10.4. The van der Waals surface area contributed by atoms with E-state index >= 15 is 0 Å². The van der Waals surface area contributed by atoms with E-state index in [-0.39, 0.29) is 12.2 Å². The van der Waals surface area contributed by atoms with E-state index in [2.05, 4.69) is 24.1 Å². The van der Waals surface area contributed by atoms with Crippen LogP contribution in [-0.2, 0) is 29.1 Å². The second-order valence-electron chi connectivity index (χ2n) is 6.55. The smallest absolute Gasteiger partial charge is 0.340 e. The maximum atomic E-state index is 13.0. The van der Waals surface area contributed by atoms with Crippen molar-refractivity contribution in [3.63, 3.8) is 0 Å². The molecule has 33 heavy (non-hydrogen) atoms. The van der Waals surface area contributed by atoms with Gasteiger partial charge in [-0.05, 0) is 51.4 Å². The van der Waals surface area contributed by atoms with Gasteiger partial charge in [0.05, 0.1) is 29.2 Å². The number of cyclic esters (lactones) is 1. The number of esters is 1. The molecule has 0 amide bonds. The number of carbonyl (C=O) groups excluding carboxylic acids is 1. The third-order valence-electron chi connectivity index (χ3n) is 5.15. The minimum absolute atomic E-state index is 0.121. The van der Waals surface area contributed by atoms with E-state index in [9.17, 15) is 14.7 Å². The highest BCUT2D eigenvalue weighted by Gasteiger charge is 2.34. The van der Waals surface area contributed by atoms with E-state index in [4.69, 9.17) is 21.9 Å². The Bertz CT molecular complexity index is 1100. The lowest BCUT2D eigenvalue weighted by Crippen LogP contribution is -2.32. The third-order valence-corrected chi connectivity index (χ3v) is 5.39. The number of thiol groups is 1. The molecule has 4 rings (SSSR count). The van der Waals surface area contributed by atoms with Gasteiger partial charge in [0.15, 0.2) is 6.10 Å². The topological polar surface area (TPSA) is 133 Å². The second-order valence-corrected chi connectivity index (χ2v) is 6.79. The fraction of sp³-hybridized carbons (Fsp3) is 0.391. The molecule has 0 fully saturated rings. The Morgan fingerprint density at radius 1 is 1.27 bits per heavy atom.